The van der Waals surface area contributed by atoms with Crippen LogP contribution in [0.2, 0.25) is 0 Å². The standard InChI is InChI=1S/C20H26FN5O2.C2H2O4/c21-18-6-2-1-4-16(18)7-10-24-12-13-25(20(24)28)11-8-23-15-19(27)26-9-3-5-17(26)14-22;3-1(4)2(5)6/h1-2,4,6,17,23H,3,5,7-13,15H2;(H,3,4)(H,5,6)/t17-;/m0./s1. The summed E-state index contributed by atoms with van der Waals surface area (Å²) in [7, 11) is 0. The predicted octanol–water partition coefficient (Wildman–Crippen LogP) is 0.366. The number of hydrogen-bond donors (Lipinski definition) is 3. The minimum atomic E-state index is -1.82. The lowest BCUT2D eigenvalue weighted by Crippen LogP contribution is -2.43. The van der Waals surface area contributed by atoms with Gasteiger partial charge in [-0.1, -0.05) is 18.2 Å². The Kier molecular flexibility index (Phi) is 10.2. The maximum absolute atomic E-state index is 13.7. The zero-order valence-electron chi connectivity index (χ0n) is 18.7. The fraction of sp³-hybridized carbons (Fsp3) is 0.500. The van der Waals surface area contributed by atoms with E-state index in [0.717, 1.165) is 12.8 Å². The first kappa shape index (κ1) is 26.5. The van der Waals surface area contributed by atoms with Gasteiger partial charge in [-0.15, -0.1) is 0 Å². The maximum Gasteiger partial charge on any atom is 0.414 e. The predicted molar refractivity (Wildman–Crippen MR) is 117 cm³/mol. The summed E-state index contributed by atoms with van der Waals surface area (Å²) in [5, 5.41) is 26.9. The lowest BCUT2D eigenvalue weighted by Gasteiger charge is -2.21. The van der Waals surface area contributed by atoms with Crippen LogP contribution in [0.25, 0.3) is 0 Å². The van der Waals surface area contributed by atoms with Crippen molar-refractivity contribution in [3.63, 3.8) is 0 Å². The molecule has 3 amide bonds. The highest BCUT2D eigenvalue weighted by Crippen LogP contribution is 2.16. The highest BCUT2D eigenvalue weighted by atomic mass is 19.1. The Morgan fingerprint density at radius 3 is 2.35 bits per heavy atom. The van der Waals surface area contributed by atoms with E-state index in [1.807, 2.05) is 0 Å². The van der Waals surface area contributed by atoms with E-state index < -0.39 is 11.9 Å². The van der Waals surface area contributed by atoms with Gasteiger partial charge in [-0.05, 0) is 30.9 Å². The van der Waals surface area contributed by atoms with Gasteiger partial charge in [0.1, 0.15) is 11.9 Å². The van der Waals surface area contributed by atoms with Gasteiger partial charge in [0.2, 0.25) is 5.91 Å². The first-order valence-corrected chi connectivity index (χ1v) is 10.9. The van der Waals surface area contributed by atoms with E-state index in [2.05, 4.69) is 11.4 Å². The van der Waals surface area contributed by atoms with Crippen LogP contribution in [0.15, 0.2) is 24.3 Å². The third-order valence-electron chi connectivity index (χ3n) is 5.53. The van der Waals surface area contributed by atoms with Crippen LogP contribution in [0.4, 0.5) is 9.18 Å². The summed E-state index contributed by atoms with van der Waals surface area (Å²) in [4.78, 5) is 47.9. The molecule has 3 N–H and O–H groups in total. The number of carboxylic acids is 2. The Morgan fingerprint density at radius 1 is 1.09 bits per heavy atom. The molecule has 0 saturated carbocycles. The molecule has 0 radical (unpaired) electrons. The molecule has 2 saturated heterocycles. The second-order valence-electron chi connectivity index (χ2n) is 7.76. The lowest BCUT2D eigenvalue weighted by molar-refractivity contribution is -0.159. The molecule has 3 rings (SSSR count). The number of rotatable bonds is 8. The number of aliphatic carboxylic acids is 2. The van der Waals surface area contributed by atoms with Crippen LogP contribution in [-0.4, -0.2) is 101 Å². The SMILES string of the molecule is N#C[C@@H]1CCCN1C(=O)CNCCN1CCN(CCc2ccccc2F)C1=O.O=C(O)C(=O)O. The van der Waals surface area contributed by atoms with Crippen molar-refractivity contribution in [2.45, 2.75) is 25.3 Å². The number of likely N-dealkylation sites (tertiary alicyclic amines) is 1. The molecule has 0 aliphatic carbocycles. The molecule has 1 atom stereocenters. The molecule has 11 nitrogen and oxygen atoms in total. The van der Waals surface area contributed by atoms with Crippen molar-refractivity contribution >= 4 is 23.9 Å². The van der Waals surface area contributed by atoms with Crippen molar-refractivity contribution in [3.8, 4) is 6.07 Å². The third kappa shape index (κ3) is 7.70. The van der Waals surface area contributed by atoms with Gasteiger partial charge in [0.05, 0.1) is 12.6 Å². The molecule has 0 unspecified atom stereocenters. The van der Waals surface area contributed by atoms with E-state index in [0.29, 0.717) is 51.3 Å². The quantitative estimate of drug-likeness (QED) is 0.358. The number of nitriles is 1. The minimum Gasteiger partial charge on any atom is -0.473 e. The number of halogens is 1. The molecule has 0 aromatic heterocycles. The van der Waals surface area contributed by atoms with Crippen LogP contribution < -0.4 is 5.32 Å². The highest BCUT2D eigenvalue weighted by molar-refractivity contribution is 6.27. The smallest absolute Gasteiger partial charge is 0.414 e. The van der Waals surface area contributed by atoms with Crippen molar-refractivity contribution in [2.75, 3.05) is 45.8 Å². The monoisotopic (exact) mass is 477 g/mol. The summed E-state index contributed by atoms with van der Waals surface area (Å²) in [6.07, 6.45) is 2.11. The van der Waals surface area contributed by atoms with E-state index in [4.69, 9.17) is 25.1 Å². The van der Waals surface area contributed by atoms with Gasteiger partial charge in [0.25, 0.3) is 0 Å². The Bertz CT molecular complexity index is 925. The Balaban J connectivity index is 0.000000604. The average Bonchev–Trinajstić information content (AvgIpc) is 3.43. The molecular formula is C22H28FN5O6. The van der Waals surface area contributed by atoms with Gasteiger partial charge >= 0.3 is 18.0 Å². The molecule has 2 fully saturated rings. The number of nitrogens with zero attached hydrogens (tertiary/aromatic N) is 4. The van der Waals surface area contributed by atoms with Gasteiger partial charge in [-0.3, -0.25) is 4.79 Å². The Morgan fingerprint density at radius 2 is 1.74 bits per heavy atom. The first-order chi connectivity index (χ1) is 16.2. The fourth-order valence-electron chi connectivity index (χ4n) is 3.71. The second-order valence-corrected chi connectivity index (χ2v) is 7.76. The zero-order chi connectivity index (χ0) is 25.1. The number of nitrogens with one attached hydrogen (secondary N) is 1. The summed E-state index contributed by atoms with van der Waals surface area (Å²) < 4.78 is 13.7. The van der Waals surface area contributed by atoms with E-state index >= 15 is 0 Å². The van der Waals surface area contributed by atoms with Crippen molar-refractivity contribution in [3.05, 3.63) is 35.6 Å². The lowest BCUT2D eigenvalue weighted by atomic mass is 10.1. The van der Waals surface area contributed by atoms with Crippen molar-refractivity contribution in [1.29, 1.82) is 5.26 Å². The summed E-state index contributed by atoms with van der Waals surface area (Å²) in [6.45, 7) is 3.61. The highest BCUT2D eigenvalue weighted by Gasteiger charge is 2.29. The Hall–Kier alpha value is -3.72. The van der Waals surface area contributed by atoms with Crippen molar-refractivity contribution in [1.82, 2.24) is 20.0 Å². The van der Waals surface area contributed by atoms with Crippen LogP contribution >= 0.6 is 0 Å². The molecule has 2 heterocycles. The number of carboxylic acid groups (broad SMARTS) is 2. The van der Waals surface area contributed by atoms with E-state index in [9.17, 15) is 14.0 Å². The topological polar surface area (TPSA) is 154 Å². The molecule has 1 aromatic rings. The number of carbonyl (C=O) groups is 4. The third-order valence-corrected chi connectivity index (χ3v) is 5.53. The number of urea groups is 1. The maximum atomic E-state index is 13.7. The van der Waals surface area contributed by atoms with Crippen molar-refractivity contribution < 1.29 is 33.8 Å². The van der Waals surface area contributed by atoms with Crippen LogP contribution in [0.3, 0.4) is 0 Å². The van der Waals surface area contributed by atoms with E-state index in [-0.39, 0.29) is 30.3 Å². The van der Waals surface area contributed by atoms with E-state index in [1.54, 1.807) is 32.9 Å². The summed E-state index contributed by atoms with van der Waals surface area (Å²) in [5.74, 6) is -3.95. The van der Waals surface area contributed by atoms with Gasteiger partial charge in [-0.25, -0.2) is 18.8 Å². The van der Waals surface area contributed by atoms with Gasteiger partial charge in [0.15, 0.2) is 0 Å². The molecule has 0 spiro atoms. The molecule has 2 aliphatic heterocycles. The minimum absolute atomic E-state index is 0.0476. The first-order valence-electron chi connectivity index (χ1n) is 10.9. The zero-order valence-corrected chi connectivity index (χ0v) is 18.7. The number of carbonyl (C=O) groups excluding carboxylic acids is 2. The summed E-state index contributed by atoms with van der Waals surface area (Å²) in [5.41, 5.74) is 0.617. The number of amides is 3. The van der Waals surface area contributed by atoms with Gasteiger partial charge < -0.3 is 30.2 Å². The molecule has 12 heteroatoms. The van der Waals surface area contributed by atoms with Crippen molar-refractivity contribution in [2.24, 2.45) is 0 Å². The van der Waals surface area contributed by atoms with Crippen LogP contribution in [0.5, 0.6) is 0 Å². The summed E-state index contributed by atoms with van der Waals surface area (Å²) in [6, 6.07) is 8.43. The largest absolute Gasteiger partial charge is 0.473 e. The number of benzene rings is 1. The van der Waals surface area contributed by atoms with Crippen LogP contribution in [0, 0.1) is 17.1 Å². The average molecular weight is 477 g/mol. The second kappa shape index (κ2) is 13.1. The molecule has 2 aliphatic rings. The van der Waals surface area contributed by atoms with E-state index in [1.165, 1.54) is 6.07 Å². The molecule has 184 valence electrons. The number of hydrogen-bond acceptors (Lipinski definition) is 6. The van der Waals surface area contributed by atoms with Gasteiger partial charge in [-0.2, -0.15) is 5.26 Å². The van der Waals surface area contributed by atoms with Crippen LogP contribution in [0.1, 0.15) is 18.4 Å². The fourth-order valence-corrected chi connectivity index (χ4v) is 3.71. The molecule has 34 heavy (non-hydrogen) atoms. The van der Waals surface area contributed by atoms with Gasteiger partial charge in [0, 0.05) is 39.3 Å². The molecular weight excluding hydrogens is 449 g/mol. The molecule has 1 aromatic carbocycles. The van der Waals surface area contributed by atoms with Crippen LogP contribution in [-0.2, 0) is 20.8 Å². The summed E-state index contributed by atoms with van der Waals surface area (Å²) >= 11 is 0. The molecule has 0 bridgehead atoms. The normalized spacial score (nSPS) is 17.2. The Labute approximate surface area is 196 Å².